The van der Waals surface area contributed by atoms with Gasteiger partial charge in [-0.1, -0.05) is 17.7 Å². The van der Waals surface area contributed by atoms with Gasteiger partial charge < -0.3 is 15.5 Å². The molecule has 1 aromatic rings. The number of rotatable bonds is 3. The summed E-state index contributed by atoms with van der Waals surface area (Å²) in [6.07, 6.45) is 4.42. The number of benzene rings is 1. The minimum atomic E-state index is 0.254. The van der Waals surface area contributed by atoms with Crippen molar-refractivity contribution in [2.75, 3.05) is 31.1 Å². The van der Waals surface area contributed by atoms with Crippen LogP contribution in [0.5, 0.6) is 0 Å². The lowest BCUT2D eigenvalue weighted by atomic mass is 9.91. The fourth-order valence-corrected chi connectivity index (χ4v) is 4.47. The zero-order valence-electron chi connectivity index (χ0n) is 13.4. The molecule has 4 nitrogen and oxygen atoms in total. The van der Waals surface area contributed by atoms with Crippen LogP contribution in [0.25, 0.3) is 0 Å². The molecule has 0 aromatic heterocycles. The van der Waals surface area contributed by atoms with Crippen molar-refractivity contribution in [2.45, 2.75) is 31.7 Å². The standard InChI is InChI=1S/C18H24ClN3O/c19-13-2-1-3-15(10-13)22-9-4-14(12-22)21-17(23)16-11-18(16)5-7-20-8-6-18/h1-3,10,14,16,20H,4-9,11-12H2,(H,21,23). The summed E-state index contributed by atoms with van der Waals surface area (Å²) < 4.78 is 0. The molecule has 3 fully saturated rings. The molecule has 1 saturated carbocycles. The van der Waals surface area contributed by atoms with Gasteiger partial charge in [0.15, 0.2) is 0 Å². The summed E-state index contributed by atoms with van der Waals surface area (Å²) in [4.78, 5) is 14.9. The van der Waals surface area contributed by atoms with E-state index in [1.165, 1.54) is 0 Å². The van der Waals surface area contributed by atoms with Crippen molar-refractivity contribution in [1.82, 2.24) is 10.6 Å². The van der Waals surface area contributed by atoms with E-state index in [4.69, 9.17) is 11.6 Å². The van der Waals surface area contributed by atoms with E-state index in [-0.39, 0.29) is 17.9 Å². The highest BCUT2D eigenvalue weighted by atomic mass is 35.5. The quantitative estimate of drug-likeness (QED) is 0.893. The Morgan fingerprint density at radius 3 is 2.96 bits per heavy atom. The van der Waals surface area contributed by atoms with Gasteiger partial charge in [0.05, 0.1) is 0 Å². The Bertz CT molecular complexity index is 600. The predicted molar refractivity (Wildman–Crippen MR) is 92.9 cm³/mol. The van der Waals surface area contributed by atoms with Crippen LogP contribution in [0, 0.1) is 11.3 Å². The highest BCUT2D eigenvalue weighted by Crippen LogP contribution is 2.58. The second-order valence-electron chi connectivity index (χ2n) is 7.29. The summed E-state index contributed by atoms with van der Waals surface area (Å²) in [6, 6.07) is 8.22. The Hall–Kier alpha value is -1.26. The van der Waals surface area contributed by atoms with E-state index in [0.29, 0.717) is 5.41 Å². The number of nitrogens with zero attached hydrogens (tertiary/aromatic N) is 1. The second kappa shape index (κ2) is 5.99. The third kappa shape index (κ3) is 3.07. The number of piperidine rings is 1. The van der Waals surface area contributed by atoms with Crippen molar-refractivity contribution in [2.24, 2.45) is 11.3 Å². The first-order valence-corrected chi connectivity index (χ1v) is 9.06. The number of hydrogen-bond acceptors (Lipinski definition) is 3. The van der Waals surface area contributed by atoms with Gasteiger partial charge in [0.2, 0.25) is 5.91 Å². The number of carbonyl (C=O) groups excluding carboxylic acids is 1. The van der Waals surface area contributed by atoms with Gasteiger partial charge in [-0.3, -0.25) is 4.79 Å². The van der Waals surface area contributed by atoms with Crippen LogP contribution in [0.3, 0.4) is 0 Å². The molecule has 2 unspecified atom stereocenters. The lowest BCUT2D eigenvalue weighted by Crippen LogP contribution is -2.40. The number of halogens is 1. The smallest absolute Gasteiger partial charge is 0.223 e. The molecule has 4 rings (SSSR count). The Kier molecular flexibility index (Phi) is 3.98. The number of carbonyl (C=O) groups is 1. The van der Waals surface area contributed by atoms with Crippen LogP contribution in [0.1, 0.15) is 25.7 Å². The second-order valence-corrected chi connectivity index (χ2v) is 7.73. The van der Waals surface area contributed by atoms with Crippen LogP contribution in [0.15, 0.2) is 24.3 Å². The molecular formula is C18H24ClN3O. The molecule has 1 spiro atoms. The number of hydrogen-bond donors (Lipinski definition) is 2. The topological polar surface area (TPSA) is 44.4 Å². The van der Waals surface area contributed by atoms with Crippen LogP contribution in [0.2, 0.25) is 5.02 Å². The molecule has 1 amide bonds. The van der Waals surface area contributed by atoms with Crippen molar-refractivity contribution in [1.29, 1.82) is 0 Å². The van der Waals surface area contributed by atoms with Crippen molar-refractivity contribution in [3.05, 3.63) is 29.3 Å². The third-order valence-corrected chi connectivity index (χ3v) is 6.05. The maximum absolute atomic E-state index is 12.6. The summed E-state index contributed by atoms with van der Waals surface area (Å²) in [5.74, 6) is 0.537. The molecule has 2 aliphatic heterocycles. The number of anilines is 1. The molecule has 23 heavy (non-hydrogen) atoms. The van der Waals surface area contributed by atoms with Gasteiger partial charge in [0.1, 0.15) is 0 Å². The molecule has 1 aliphatic carbocycles. The Morgan fingerprint density at radius 1 is 1.35 bits per heavy atom. The number of nitrogens with one attached hydrogen (secondary N) is 2. The van der Waals surface area contributed by atoms with Gasteiger partial charge in [0.25, 0.3) is 0 Å². The van der Waals surface area contributed by atoms with E-state index in [1.54, 1.807) is 0 Å². The molecule has 2 saturated heterocycles. The van der Waals surface area contributed by atoms with Crippen LogP contribution in [-0.2, 0) is 4.79 Å². The highest BCUT2D eigenvalue weighted by molar-refractivity contribution is 6.30. The van der Waals surface area contributed by atoms with Crippen molar-refractivity contribution in [3.63, 3.8) is 0 Å². The van der Waals surface area contributed by atoms with Crippen molar-refractivity contribution >= 4 is 23.2 Å². The van der Waals surface area contributed by atoms with E-state index in [2.05, 4.69) is 21.6 Å². The Balaban J connectivity index is 1.32. The Labute approximate surface area is 142 Å². The molecular weight excluding hydrogens is 310 g/mol. The zero-order valence-corrected chi connectivity index (χ0v) is 14.1. The normalized spacial score (nSPS) is 28.8. The minimum absolute atomic E-state index is 0.254. The van der Waals surface area contributed by atoms with E-state index in [9.17, 15) is 4.79 Å². The SMILES string of the molecule is O=C(NC1CCN(c2cccc(Cl)c2)C1)C1CC12CCNCC2. The van der Waals surface area contributed by atoms with Crippen LogP contribution in [0.4, 0.5) is 5.69 Å². The van der Waals surface area contributed by atoms with Gasteiger partial charge >= 0.3 is 0 Å². The molecule has 3 aliphatic rings. The lowest BCUT2D eigenvalue weighted by molar-refractivity contribution is -0.123. The predicted octanol–water partition coefficient (Wildman–Crippen LogP) is 2.42. The molecule has 124 valence electrons. The van der Waals surface area contributed by atoms with Crippen molar-refractivity contribution in [3.8, 4) is 0 Å². The van der Waals surface area contributed by atoms with Crippen molar-refractivity contribution < 1.29 is 4.79 Å². The zero-order chi connectivity index (χ0) is 15.9. The first-order valence-electron chi connectivity index (χ1n) is 8.68. The maximum atomic E-state index is 12.6. The van der Waals surface area contributed by atoms with Gasteiger partial charge in [-0.05, 0) is 62.4 Å². The highest BCUT2D eigenvalue weighted by Gasteiger charge is 2.57. The molecule has 2 atom stereocenters. The monoisotopic (exact) mass is 333 g/mol. The van der Waals surface area contributed by atoms with Crippen LogP contribution < -0.4 is 15.5 Å². The van der Waals surface area contributed by atoms with Crippen LogP contribution in [-0.4, -0.2) is 38.1 Å². The van der Waals surface area contributed by atoms with Gasteiger partial charge in [0, 0.05) is 35.8 Å². The summed E-state index contributed by atoms with van der Waals surface area (Å²) in [5.41, 5.74) is 1.47. The largest absolute Gasteiger partial charge is 0.369 e. The fourth-order valence-electron chi connectivity index (χ4n) is 4.28. The number of amides is 1. The third-order valence-electron chi connectivity index (χ3n) is 5.81. The van der Waals surface area contributed by atoms with E-state index < -0.39 is 0 Å². The summed E-state index contributed by atoms with van der Waals surface area (Å²) in [5, 5.41) is 7.45. The minimum Gasteiger partial charge on any atom is -0.369 e. The molecule has 2 N–H and O–H groups in total. The first-order chi connectivity index (χ1) is 11.2. The maximum Gasteiger partial charge on any atom is 0.223 e. The molecule has 0 bridgehead atoms. The average molecular weight is 334 g/mol. The summed E-state index contributed by atoms with van der Waals surface area (Å²) in [7, 11) is 0. The lowest BCUT2D eigenvalue weighted by Gasteiger charge is -2.24. The van der Waals surface area contributed by atoms with Gasteiger partial charge in [-0.2, -0.15) is 0 Å². The van der Waals surface area contributed by atoms with E-state index >= 15 is 0 Å². The molecule has 5 heteroatoms. The van der Waals surface area contributed by atoms with Gasteiger partial charge in [-0.25, -0.2) is 0 Å². The molecule has 0 radical (unpaired) electrons. The van der Waals surface area contributed by atoms with E-state index in [1.807, 2.05) is 18.2 Å². The molecule has 1 aromatic carbocycles. The summed E-state index contributed by atoms with van der Waals surface area (Å²) in [6.45, 7) is 3.99. The average Bonchev–Trinajstić information content (AvgIpc) is 3.04. The molecule has 2 heterocycles. The van der Waals surface area contributed by atoms with Gasteiger partial charge in [-0.15, -0.1) is 0 Å². The fraction of sp³-hybridized carbons (Fsp3) is 0.611. The van der Waals surface area contributed by atoms with Crippen LogP contribution >= 0.6 is 11.6 Å². The summed E-state index contributed by atoms with van der Waals surface area (Å²) >= 11 is 6.07. The van der Waals surface area contributed by atoms with E-state index in [0.717, 1.165) is 62.6 Å². The first kappa shape index (κ1) is 15.3. The Morgan fingerprint density at radius 2 is 2.17 bits per heavy atom.